The number of hydrogen-bond donors (Lipinski definition) is 1. The highest BCUT2D eigenvalue weighted by molar-refractivity contribution is 7.98. The highest BCUT2D eigenvalue weighted by atomic mass is 32.2. The van der Waals surface area contributed by atoms with Gasteiger partial charge in [-0.1, -0.05) is 31.0 Å². The molecule has 0 aromatic heterocycles. The molecule has 1 fully saturated rings. The van der Waals surface area contributed by atoms with Gasteiger partial charge in [0.15, 0.2) is 0 Å². The summed E-state index contributed by atoms with van der Waals surface area (Å²) in [5.41, 5.74) is 0.905. The molecule has 0 bridgehead atoms. The Morgan fingerprint density at radius 2 is 1.90 bits per heavy atom. The van der Waals surface area contributed by atoms with Crippen LogP contribution in [0.3, 0.4) is 0 Å². The van der Waals surface area contributed by atoms with Crippen LogP contribution in [0.1, 0.15) is 50.0 Å². The summed E-state index contributed by atoms with van der Waals surface area (Å²) in [6, 6.07) is 7.82. The van der Waals surface area contributed by atoms with E-state index in [1.165, 1.54) is 31.4 Å². The molecule has 1 N–H and O–H groups in total. The van der Waals surface area contributed by atoms with Gasteiger partial charge in [0, 0.05) is 6.04 Å². The molecule has 0 atom stereocenters. The number of rotatable bonds is 9. The number of hydrogen-bond acceptors (Lipinski definition) is 2. The molecular formula is C17H26FNS. The molecule has 1 nitrogen and oxygen atoms in total. The molecule has 3 heteroatoms. The summed E-state index contributed by atoms with van der Waals surface area (Å²) in [5, 5.41) is 3.60. The minimum absolute atomic E-state index is 0.0373. The predicted octanol–water partition coefficient (Wildman–Crippen LogP) is 4.58. The standard InChI is InChI=1S/C17H26FNS/c1-20-11-7-3-2-6-10-19-15-12-14(13-15)16-8-4-5-9-17(16)18/h4-5,8-9,14-15,19H,2-3,6-7,10-13H2,1H3. The number of halogens is 1. The Morgan fingerprint density at radius 1 is 1.15 bits per heavy atom. The van der Waals surface area contributed by atoms with Gasteiger partial charge in [0.25, 0.3) is 0 Å². The summed E-state index contributed by atoms with van der Waals surface area (Å²) in [6.07, 6.45) is 9.65. The maximum absolute atomic E-state index is 13.6. The third-order valence-electron chi connectivity index (χ3n) is 4.19. The van der Waals surface area contributed by atoms with Crippen LogP contribution in [-0.4, -0.2) is 24.6 Å². The zero-order valence-corrected chi connectivity index (χ0v) is 13.2. The fourth-order valence-corrected chi connectivity index (χ4v) is 3.37. The van der Waals surface area contributed by atoms with E-state index in [1.807, 2.05) is 23.9 Å². The zero-order valence-electron chi connectivity index (χ0n) is 12.4. The first-order chi connectivity index (χ1) is 9.81. The highest BCUT2D eigenvalue weighted by Gasteiger charge is 2.31. The van der Waals surface area contributed by atoms with Gasteiger partial charge < -0.3 is 5.32 Å². The van der Waals surface area contributed by atoms with Gasteiger partial charge in [-0.2, -0.15) is 11.8 Å². The van der Waals surface area contributed by atoms with Crippen molar-refractivity contribution in [1.29, 1.82) is 0 Å². The SMILES string of the molecule is CSCCCCCCNC1CC(c2ccccc2F)C1. The molecule has 20 heavy (non-hydrogen) atoms. The van der Waals surface area contributed by atoms with Crippen LogP contribution in [0.4, 0.5) is 4.39 Å². The second-order valence-electron chi connectivity index (χ2n) is 5.75. The van der Waals surface area contributed by atoms with Crippen molar-refractivity contribution in [2.75, 3.05) is 18.6 Å². The molecule has 0 aliphatic heterocycles. The van der Waals surface area contributed by atoms with Crippen LogP contribution in [0.2, 0.25) is 0 Å². The molecule has 1 aliphatic carbocycles. The van der Waals surface area contributed by atoms with E-state index in [9.17, 15) is 4.39 Å². The largest absolute Gasteiger partial charge is 0.314 e. The number of benzene rings is 1. The summed E-state index contributed by atoms with van der Waals surface area (Å²) in [7, 11) is 0. The summed E-state index contributed by atoms with van der Waals surface area (Å²) in [6.45, 7) is 1.12. The van der Waals surface area contributed by atoms with Gasteiger partial charge in [-0.25, -0.2) is 4.39 Å². The molecule has 2 rings (SSSR count). The van der Waals surface area contributed by atoms with Gasteiger partial charge in [0.1, 0.15) is 5.82 Å². The van der Waals surface area contributed by atoms with Gasteiger partial charge >= 0.3 is 0 Å². The summed E-state index contributed by atoms with van der Waals surface area (Å²) in [5.74, 6) is 1.68. The zero-order chi connectivity index (χ0) is 14.2. The van der Waals surface area contributed by atoms with Gasteiger partial charge in [0.05, 0.1) is 0 Å². The number of unbranched alkanes of at least 4 members (excludes halogenated alkanes) is 3. The van der Waals surface area contributed by atoms with E-state index in [0.717, 1.165) is 24.9 Å². The van der Waals surface area contributed by atoms with E-state index in [1.54, 1.807) is 12.1 Å². The van der Waals surface area contributed by atoms with E-state index < -0.39 is 0 Å². The van der Waals surface area contributed by atoms with Crippen LogP contribution in [0.25, 0.3) is 0 Å². The molecule has 1 aliphatic rings. The van der Waals surface area contributed by atoms with Crippen LogP contribution >= 0.6 is 11.8 Å². The van der Waals surface area contributed by atoms with Gasteiger partial charge in [-0.05, 0) is 61.8 Å². The summed E-state index contributed by atoms with van der Waals surface area (Å²) >= 11 is 1.94. The molecule has 1 aromatic carbocycles. The van der Waals surface area contributed by atoms with Crippen molar-refractivity contribution < 1.29 is 4.39 Å². The maximum Gasteiger partial charge on any atom is 0.126 e. The smallest absolute Gasteiger partial charge is 0.126 e. The quantitative estimate of drug-likeness (QED) is 0.669. The van der Waals surface area contributed by atoms with E-state index in [4.69, 9.17) is 0 Å². The molecule has 112 valence electrons. The lowest BCUT2D eigenvalue weighted by Gasteiger charge is -2.36. The molecular weight excluding hydrogens is 269 g/mol. The van der Waals surface area contributed by atoms with E-state index >= 15 is 0 Å². The average Bonchev–Trinajstić information content (AvgIpc) is 2.41. The van der Waals surface area contributed by atoms with Crippen LogP contribution in [0.15, 0.2) is 24.3 Å². The van der Waals surface area contributed by atoms with Gasteiger partial charge in [0.2, 0.25) is 0 Å². The van der Waals surface area contributed by atoms with Crippen molar-refractivity contribution in [2.45, 2.75) is 50.5 Å². The van der Waals surface area contributed by atoms with Crippen molar-refractivity contribution in [1.82, 2.24) is 5.32 Å². The molecule has 1 aromatic rings. The Kier molecular flexibility index (Phi) is 6.88. The molecule has 0 saturated heterocycles. The molecule has 0 spiro atoms. The Morgan fingerprint density at radius 3 is 2.65 bits per heavy atom. The maximum atomic E-state index is 13.6. The highest BCUT2D eigenvalue weighted by Crippen LogP contribution is 2.37. The molecule has 0 radical (unpaired) electrons. The van der Waals surface area contributed by atoms with E-state index in [0.29, 0.717) is 12.0 Å². The summed E-state index contributed by atoms with van der Waals surface area (Å²) in [4.78, 5) is 0. The number of thioether (sulfide) groups is 1. The Bertz CT molecular complexity index is 390. The Balaban J connectivity index is 1.53. The topological polar surface area (TPSA) is 12.0 Å². The normalized spacial score (nSPS) is 21.7. The van der Waals surface area contributed by atoms with Crippen LogP contribution < -0.4 is 5.32 Å². The lowest BCUT2D eigenvalue weighted by molar-refractivity contribution is 0.284. The van der Waals surface area contributed by atoms with Crippen molar-refractivity contribution in [3.8, 4) is 0 Å². The first-order valence-corrected chi connectivity index (χ1v) is 9.17. The third kappa shape index (κ3) is 4.78. The molecule has 0 amide bonds. The fraction of sp³-hybridized carbons (Fsp3) is 0.647. The second kappa shape index (κ2) is 8.68. The van der Waals surface area contributed by atoms with Gasteiger partial charge in [-0.15, -0.1) is 0 Å². The lowest BCUT2D eigenvalue weighted by Crippen LogP contribution is -2.40. The minimum atomic E-state index is -0.0373. The van der Waals surface area contributed by atoms with E-state index in [-0.39, 0.29) is 5.82 Å². The molecule has 0 heterocycles. The fourth-order valence-electron chi connectivity index (χ4n) is 2.88. The van der Waals surface area contributed by atoms with Crippen molar-refractivity contribution in [3.05, 3.63) is 35.6 Å². The lowest BCUT2D eigenvalue weighted by atomic mass is 9.75. The van der Waals surface area contributed by atoms with Crippen LogP contribution in [-0.2, 0) is 0 Å². The number of nitrogens with one attached hydrogen (secondary N) is 1. The summed E-state index contributed by atoms with van der Waals surface area (Å²) < 4.78 is 13.6. The van der Waals surface area contributed by atoms with Crippen molar-refractivity contribution in [3.63, 3.8) is 0 Å². The van der Waals surface area contributed by atoms with E-state index in [2.05, 4.69) is 11.6 Å². The first-order valence-electron chi connectivity index (χ1n) is 7.78. The minimum Gasteiger partial charge on any atom is -0.314 e. The first kappa shape index (κ1) is 15.8. The third-order valence-corrected chi connectivity index (χ3v) is 4.89. The van der Waals surface area contributed by atoms with Crippen molar-refractivity contribution >= 4 is 11.8 Å². The monoisotopic (exact) mass is 295 g/mol. The average molecular weight is 295 g/mol. The van der Waals surface area contributed by atoms with Crippen LogP contribution in [0.5, 0.6) is 0 Å². The van der Waals surface area contributed by atoms with Crippen LogP contribution in [0, 0.1) is 5.82 Å². The molecule has 0 unspecified atom stereocenters. The predicted molar refractivity (Wildman–Crippen MR) is 87.0 cm³/mol. The van der Waals surface area contributed by atoms with Crippen molar-refractivity contribution in [2.24, 2.45) is 0 Å². The Hall–Kier alpha value is -0.540. The second-order valence-corrected chi connectivity index (χ2v) is 6.73. The Labute approximate surface area is 126 Å². The molecule has 1 saturated carbocycles. The van der Waals surface area contributed by atoms with Gasteiger partial charge in [-0.3, -0.25) is 0 Å².